The third kappa shape index (κ3) is 4.98. The minimum absolute atomic E-state index is 0.124. The first-order valence-corrected chi connectivity index (χ1v) is 12.4. The Hall–Kier alpha value is -1.23. The van der Waals surface area contributed by atoms with Crippen LogP contribution in [-0.2, 0) is 19.6 Å². The number of nitrogens with zero attached hydrogens (tertiary/aromatic N) is 3. The highest BCUT2D eigenvalue weighted by atomic mass is 35.5. The first kappa shape index (κ1) is 22.0. The van der Waals surface area contributed by atoms with Crippen LogP contribution in [0.1, 0.15) is 19.3 Å². The summed E-state index contributed by atoms with van der Waals surface area (Å²) in [7, 11) is -3.65. The number of hydrogen-bond donors (Lipinski definition) is 1. The molecule has 1 atom stereocenters. The number of ether oxygens (including phenoxy) is 1. The minimum Gasteiger partial charge on any atom is -0.379 e. The molecule has 10 heteroatoms. The summed E-state index contributed by atoms with van der Waals surface area (Å²) in [4.78, 5) is 17.4. The fraction of sp³-hybridized carbons (Fsp3) is 0.650. The number of morpholine rings is 1. The number of anilines is 1. The van der Waals surface area contributed by atoms with Crippen LogP contribution in [0.3, 0.4) is 0 Å². The van der Waals surface area contributed by atoms with Crippen molar-refractivity contribution < 1.29 is 17.9 Å². The second-order valence-electron chi connectivity index (χ2n) is 8.13. The van der Waals surface area contributed by atoms with E-state index in [0.717, 1.165) is 32.6 Å². The zero-order valence-corrected chi connectivity index (χ0v) is 18.6. The molecule has 1 N–H and O–H groups in total. The van der Waals surface area contributed by atoms with Gasteiger partial charge in [0.2, 0.25) is 15.9 Å². The van der Waals surface area contributed by atoms with Gasteiger partial charge in [-0.15, -0.1) is 0 Å². The van der Waals surface area contributed by atoms with Gasteiger partial charge in [-0.2, -0.15) is 4.31 Å². The lowest BCUT2D eigenvalue weighted by molar-refractivity contribution is -0.117. The Morgan fingerprint density at radius 3 is 2.60 bits per heavy atom. The maximum atomic E-state index is 12.9. The average molecular weight is 457 g/mol. The van der Waals surface area contributed by atoms with Crippen LogP contribution < -0.4 is 5.32 Å². The van der Waals surface area contributed by atoms with Crippen LogP contribution in [0, 0.1) is 0 Å². The Morgan fingerprint density at radius 1 is 1.13 bits per heavy atom. The van der Waals surface area contributed by atoms with Crippen LogP contribution in [-0.4, -0.2) is 93.5 Å². The fourth-order valence-corrected chi connectivity index (χ4v) is 6.05. The number of carbonyl (C=O) groups excluding carboxylic acids is 1. The van der Waals surface area contributed by atoms with Crippen molar-refractivity contribution in [3.8, 4) is 0 Å². The number of likely N-dealkylation sites (tertiary alicyclic amines) is 2. The zero-order valence-electron chi connectivity index (χ0n) is 17.1. The number of carbonyl (C=O) groups is 1. The Bertz CT molecular complexity index is 870. The molecule has 3 aliphatic rings. The summed E-state index contributed by atoms with van der Waals surface area (Å²) in [5, 5.41) is 3.12. The first-order valence-electron chi connectivity index (χ1n) is 10.6. The largest absolute Gasteiger partial charge is 0.379 e. The first-order chi connectivity index (χ1) is 14.4. The third-order valence-corrected chi connectivity index (χ3v) is 8.32. The summed E-state index contributed by atoms with van der Waals surface area (Å²) in [6, 6.07) is 4.97. The number of halogens is 1. The smallest absolute Gasteiger partial charge is 0.243 e. The van der Waals surface area contributed by atoms with Gasteiger partial charge in [-0.05, 0) is 50.6 Å². The van der Waals surface area contributed by atoms with E-state index >= 15 is 0 Å². The Labute approximate surface area is 183 Å². The summed E-state index contributed by atoms with van der Waals surface area (Å²) in [5.74, 6) is -0.181. The van der Waals surface area contributed by atoms with Gasteiger partial charge in [0.1, 0.15) is 0 Å². The third-order valence-electron chi connectivity index (χ3n) is 6.09. The molecule has 0 saturated carbocycles. The molecule has 3 heterocycles. The van der Waals surface area contributed by atoms with Crippen molar-refractivity contribution in [2.45, 2.75) is 30.2 Å². The molecule has 1 aromatic rings. The quantitative estimate of drug-likeness (QED) is 0.698. The predicted octanol–water partition coefficient (Wildman–Crippen LogP) is 1.47. The number of benzene rings is 1. The predicted molar refractivity (Wildman–Crippen MR) is 115 cm³/mol. The molecule has 4 rings (SSSR count). The minimum atomic E-state index is -3.65. The molecule has 8 nitrogen and oxygen atoms in total. The van der Waals surface area contributed by atoms with Crippen LogP contribution in [0.4, 0.5) is 5.69 Å². The number of nitrogens with one attached hydrogen (secondary N) is 1. The number of rotatable bonds is 6. The van der Waals surface area contributed by atoms with E-state index in [9.17, 15) is 13.2 Å². The van der Waals surface area contributed by atoms with Gasteiger partial charge in [0.15, 0.2) is 0 Å². The molecule has 3 aliphatic heterocycles. The number of hydrogen-bond acceptors (Lipinski definition) is 6. The van der Waals surface area contributed by atoms with Crippen LogP contribution in [0.15, 0.2) is 23.1 Å². The van der Waals surface area contributed by atoms with Gasteiger partial charge < -0.3 is 10.1 Å². The molecule has 1 unspecified atom stereocenters. The number of amides is 1. The van der Waals surface area contributed by atoms with E-state index in [2.05, 4.69) is 15.1 Å². The van der Waals surface area contributed by atoms with Crippen molar-refractivity contribution in [2.24, 2.45) is 0 Å². The maximum Gasteiger partial charge on any atom is 0.243 e. The fourth-order valence-electron chi connectivity index (χ4n) is 4.45. The van der Waals surface area contributed by atoms with Gasteiger partial charge in [0.05, 0.1) is 35.4 Å². The molecule has 0 radical (unpaired) electrons. The van der Waals surface area contributed by atoms with E-state index in [0.29, 0.717) is 43.1 Å². The number of sulfonamides is 1. The Morgan fingerprint density at radius 2 is 1.87 bits per heavy atom. The molecule has 0 aromatic heterocycles. The van der Waals surface area contributed by atoms with Crippen LogP contribution >= 0.6 is 11.6 Å². The van der Waals surface area contributed by atoms with E-state index in [1.54, 1.807) is 0 Å². The lowest BCUT2D eigenvalue weighted by Gasteiger charge is -2.26. The van der Waals surface area contributed by atoms with E-state index in [-0.39, 0.29) is 17.3 Å². The zero-order chi connectivity index (χ0) is 21.1. The maximum absolute atomic E-state index is 12.9. The van der Waals surface area contributed by atoms with Crippen molar-refractivity contribution >= 4 is 33.2 Å². The average Bonchev–Trinajstić information content (AvgIpc) is 3.42. The molecular formula is C20H29ClN4O4S. The molecule has 3 fully saturated rings. The van der Waals surface area contributed by atoms with Gasteiger partial charge in [-0.25, -0.2) is 8.42 Å². The van der Waals surface area contributed by atoms with Crippen LogP contribution in [0.2, 0.25) is 5.02 Å². The molecule has 1 aromatic carbocycles. The van der Waals surface area contributed by atoms with Crippen molar-refractivity contribution in [3.05, 3.63) is 23.2 Å². The highest BCUT2D eigenvalue weighted by Crippen LogP contribution is 2.28. The molecule has 3 saturated heterocycles. The van der Waals surface area contributed by atoms with Crippen LogP contribution in [0.5, 0.6) is 0 Å². The summed E-state index contributed by atoms with van der Waals surface area (Å²) in [5.41, 5.74) is 0.325. The second kappa shape index (κ2) is 9.50. The standard InChI is InChI=1S/C20H29ClN4O4S/c21-18-4-3-17(30(27,28)25-9-11-29-12-10-25)13-19(18)22-20(26)15-23-8-5-16(14-23)24-6-1-2-7-24/h3-4,13,16H,1-2,5-12,14-15H2,(H,22,26). The van der Waals surface area contributed by atoms with Crippen molar-refractivity contribution in [1.29, 1.82) is 0 Å². The topological polar surface area (TPSA) is 82.2 Å². The van der Waals surface area contributed by atoms with E-state index < -0.39 is 10.0 Å². The van der Waals surface area contributed by atoms with E-state index in [1.807, 2.05) is 0 Å². The lowest BCUT2D eigenvalue weighted by atomic mass is 10.2. The normalized spacial score (nSPS) is 24.4. The molecule has 0 spiro atoms. The van der Waals surface area contributed by atoms with Crippen molar-refractivity contribution in [1.82, 2.24) is 14.1 Å². The lowest BCUT2D eigenvalue weighted by Crippen LogP contribution is -2.40. The molecule has 1 amide bonds. The molecule has 0 bridgehead atoms. The van der Waals surface area contributed by atoms with Crippen molar-refractivity contribution in [3.63, 3.8) is 0 Å². The summed E-state index contributed by atoms with van der Waals surface area (Å²) in [6.45, 7) is 5.78. The van der Waals surface area contributed by atoms with E-state index in [4.69, 9.17) is 16.3 Å². The van der Waals surface area contributed by atoms with Gasteiger partial charge in [-0.3, -0.25) is 14.6 Å². The highest BCUT2D eigenvalue weighted by molar-refractivity contribution is 7.89. The Balaban J connectivity index is 1.38. The van der Waals surface area contributed by atoms with E-state index in [1.165, 1.54) is 35.3 Å². The monoisotopic (exact) mass is 456 g/mol. The summed E-state index contributed by atoms with van der Waals surface area (Å²) < 4.78 is 32.4. The van der Waals surface area contributed by atoms with Gasteiger partial charge in [0.25, 0.3) is 0 Å². The summed E-state index contributed by atoms with van der Waals surface area (Å²) >= 11 is 6.24. The molecule has 0 aliphatic carbocycles. The molecule has 166 valence electrons. The van der Waals surface area contributed by atoms with Gasteiger partial charge in [-0.1, -0.05) is 11.6 Å². The highest BCUT2D eigenvalue weighted by Gasteiger charge is 2.30. The molecular weight excluding hydrogens is 428 g/mol. The second-order valence-corrected chi connectivity index (χ2v) is 10.5. The van der Waals surface area contributed by atoms with Gasteiger partial charge >= 0.3 is 0 Å². The Kier molecular flexibility index (Phi) is 6.96. The van der Waals surface area contributed by atoms with Gasteiger partial charge in [0, 0.05) is 32.2 Å². The van der Waals surface area contributed by atoms with Crippen LogP contribution in [0.25, 0.3) is 0 Å². The SMILES string of the molecule is O=C(CN1CCC(N2CCCC2)C1)Nc1cc(S(=O)(=O)N2CCOCC2)ccc1Cl. The van der Waals surface area contributed by atoms with Crippen molar-refractivity contribution in [2.75, 3.05) is 64.3 Å². The summed E-state index contributed by atoms with van der Waals surface area (Å²) in [6.07, 6.45) is 3.61. The molecule has 30 heavy (non-hydrogen) atoms.